The minimum atomic E-state index is -0.727. The molecule has 28 heavy (non-hydrogen) atoms. The Morgan fingerprint density at radius 2 is 2.11 bits per heavy atom. The Morgan fingerprint density at radius 3 is 2.82 bits per heavy atom. The maximum Gasteiger partial charge on any atom is 0.330 e. The smallest absolute Gasteiger partial charge is 0.330 e. The molecule has 3 atom stereocenters. The Morgan fingerprint density at radius 1 is 1.36 bits per heavy atom. The Hall–Kier alpha value is -2.13. The van der Waals surface area contributed by atoms with Crippen LogP contribution in [0.4, 0.5) is 0 Å². The van der Waals surface area contributed by atoms with Crippen molar-refractivity contribution in [3.05, 3.63) is 43.0 Å². The third-order valence-electron chi connectivity index (χ3n) is 4.84. The third-order valence-corrected chi connectivity index (χ3v) is 4.84. The number of azide groups is 1. The first-order valence-electron chi connectivity index (χ1n) is 9.83. The van der Waals surface area contributed by atoms with Crippen LogP contribution in [0.25, 0.3) is 10.4 Å². The van der Waals surface area contributed by atoms with Crippen LogP contribution in [-0.4, -0.2) is 40.0 Å². The largest absolute Gasteiger partial charge is 0.394 e. The highest BCUT2D eigenvalue weighted by Crippen LogP contribution is 2.29. The van der Waals surface area contributed by atoms with Gasteiger partial charge in [-0.2, -0.15) is 0 Å². The lowest BCUT2D eigenvalue weighted by Crippen LogP contribution is -2.34. The number of nitrogens with one attached hydrogen (secondary N) is 1. The van der Waals surface area contributed by atoms with Gasteiger partial charge in [0.2, 0.25) is 0 Å². The topological polar surface area (TPSA) is 142 Å². The molecule has 0 unspecified atom stereocenters. The maximum absolute atomic E-state index is 12.2. The van der Waals surface area contributed by atoms with Crippen LogP contribution in [0.5, 0.6) is 0 Å². The maximum atomic E-state index is 12.2. The summed E-state index contributed by atoms with van der Waals surface area (Å²) in [7, 11) is 0. The van der Waals surface area contributed by atoms with Crippen molar-refractivity contribution in [2.45, 2.75) is 76.9 Å². The van der Waals surface area contributed by atoms with Gasteiger partial charge in [-0.15, -0.1) is 0 Å². The molecule has 1 saturated heterocycles. The molecule has 10 heteroatoms. The number of nitrogens with zero attached hydrogens (tertiary/aromatic N) is 4. The molecule has 0 radical (unpaired) electrons. The fraction of sp³-hybridized carbons (Fsp3) is 0.778. The number of H-pyrrole nitrogens is 1. The number of rotatable bonds is 12. The van der Waals surface area contributed by atoms with Crippen LogP contribution in [-0.2, 0) is 16.1 Å². The van der Waals surface area contributed by atoms with E-state index >= 15 is 0 Å². The zero-order valence-electron chi connectivity index (χ0n) is 16.2. The number of aromatic nitrogens is 2. The number of hydrogen-bond acceptors (Lipinski definition) is 6. The van der Waals surface area contributed by atoms with Crippen molar-refractivity contribution in [2.24, 2.45) is 5.11 Å². The highest BCUT2D eigenvalue weighted by molar-refractivity contribution is 5.04. The molecule has 2 heterocycles. The van der Waals surface area contributed by atoms with E-state index in [1.807, 2.05) is 0 Å². The van der Waals surface area contributed by atoms with Crippen LogP contribution in [0.2, 0.25) is 0 Å². The average molecular weight is 395 g/mol. The van der Waals surface area contributed by atoms with Crippen LogP contribution < -0.4 is 11.2 Å². The number of aromatic amines is 1. The number of ether oxygens (including phenoxy) is 2. The van der Waals surface area contributed by atoms with Crippen LogP contribution in [0, 0.1) is 0 Å². The second-order valence-corrected chi connectivity index (χ2v) is 6.96. The Kier molecular flexibility index (Phi) is 9.22. The van der Waals surface area contributed by atoms with Crippen molar-refractivity contribution in [3.8, 4) is 0 Å². The molecule has 0 aromatic carbocycles. The van der Waals surface area contributed by atoms with Gasteiger partial charge in [0, 0.05) is 24.1 Å². The first-order valence-corrected chi connectivity index (χ1v) is 9.83. The van der Waals surface area contributed by atoms with E-state index in [4.69, 9.17) is 15.0 Å². The van der Waals surface area contributed by atoms with Crippen molar-refractivity contribution >= 4 is 0 Å². The lowest BCUT2D eigenvalue weighted by atomic mass is 10.1. The summed E-state index contributed by atoms with van der Waals surface area (Å²) in [4.78, 5) is 29.2. The van der Waals surface area contributed by atoms with Crippen LogP contribution in [0.1, 0.15) is 63.7 Å². The third kappa shape index (κ3) is 6.20. The Bertz CT molecular complexity index is 770. The molecular formula is C18H29N5O5. The molecule has 1 aliphatic heterocycles. The van der Waals surface area contributed by atoms with E-state index in [0.717, 1.165) is 12.8 Å². The summed E-state index contributed by atoms with van der Waals surface area (Å²) in [5.74, 6) is 0. The van der Waals surface area contributed by atoms with Crippen molar-refractivity contribution < 1.29 is 14.6 Å². The van der Waals surface area contributed by atoms with Crippen molar-refractivity contribution in [3.63, 3.8) is 0 Å². The predicted molar refractivity (Wildman–Crippen MR) is 103 cm³/mol. The summed E-state index contributed by atoms with van der Waals surface area (Å²) in [5, 5.41) is 13.0. The van der Waals surface area contributed by atoms with E-state index in [1.54, 1.807) is 0 Å². The molecule has 2 N–H and O–H groups in total. The van der Waals surface area contributed by atoms with E-state index in [1.165, 1.54) is 36.4 Å². The Labute approximate surface area is 163 Å². The summed E-state index contributed by atoms with van der Waals surface area (Å²) < 4.78 is 12.4. The molecule has 2 rings (SSSR count). The zero-order valence-corrected chi connectivity index (χ0v) is 16.2. The quantitative estimate of drug-likeness (QED) is 0.242. The van der Waals surface area contributed by atoms with E-state index in [-0.39, 0.29) is 19.6 Å². The molecule has 0 amide bonds. The lowest BCUT2D eigenvalue weighted by molar-refractivity contribution is -0.0274. The van der Waals surface area contributed by atoms with Gasteiger partial charge in [-0.25, -0.2) is 4.79 Å². The minimum absolute atomic E-state index is 0.0977. The molecule has 0 saturated carbocycles. The van der Waals surface area contributed by atoms with Crippen molar-refractivity contribution in [1.29, 1.82) is 0 Å². The number of unbranched alkanes of at least 4 members (excludes halogenated alkanes) is 5. The molecule has 10 nitrogen and oxygen atoms in total. The molecular weight excluding hydrogens is 366 g/mol. The molecule has 0 spiro atoms. The predicted octanol–water partition coefficient (Wildman–Crippen LogP) is 2.37. The normalized spacial score (nSPS) is 21.6. The fourth-order valence-electron chi connectivity index (χ4n) is 3.25. The van der Waals surface area contributed by atoms with Gasteiger partial charge in [-0.3, -0.25) is 14.3 Å². The molecule has 156 valence electrons. The highest BCUT2D eigenvalue weighted by Gasteiger charge is 2.35. The van der Waals surface area contributed by atoms with E-state index in [2.05, 4.69) is 21.9 Å². The highest BCUT2D eigenvalue weighted by atomic mass is 16.5. The van der Waals surface area contributed by atoms with Crippen molar-refractivity contribution in [1.82, 2.24) is 9.55 Å². The lowest BCUT2D eigenvalue weighted by Gasteiger charge is -2.15. The van der Waals surface area contributed by atoms with Gasteiger partial charge < -0.3 is 14.6 Å². The fourth-order valence-corrected chi connectivity index (χ4v) is 3.25. The summed E-state index contributed by atoms with van der Waals surface area (Å²) in [6, 6.07) is -0.578. The second kappa shape index (κ2) is 11.7. The van der Waals surface area contributed by atoms with Gasteiger partial charge in [-0.1, -0.05) is 44.1 Å². The van der Waals surface area contributed by atoms with Gasteiger partial charge in [-0.05, 0) is 12.0 Å². The van der Waals surface area contributed by atoms with E-state index in [0.29, 0.717) is 12.2 Å². The Balaban J connectivity index is 1.94. The molecule has 1 fully saturated rings. The summed E-state index contributed by atoms with van der Waals surface area (Å²) in [5.41, 5.74) is 7.83. The van der Waals surface area contributed by atoms with Gasteiger partial charge in [0.1, 0.15) is 6.23 Å². The van der Waals surface area contributed by atoms with Gasteiger partial charge in [0.15, 0.2) is 0 Å². The minimum Gasteiger partial charge on any atom is -0.394 e. The molecule has 1 aromatic rings. The number of hydrogen-bond donors (Lipinski definition) is 2. The SMILES string of the molecule is CCCCCCCCOCc1cn([C@@H]2C[C@H](N=[N+]=[N-])[C@@H](CO)O2)c(=O)[nH]c1=O. The summed E-state index contributed by atoms with van der Waals surface area (Å²) >= 11 is 0. The molecule has 0 aliphatic carbocycles. The molecule has 1 aromatic heterocycles. The summed E-state index contributed by atoms with van der Waals surface area (Å²) in [6.45, 7) is 2.50. The van der Waals surface area contributed by atoms with E-state index < -0.39 is 29.6 Å². The average Bonchev–Trinajstić information content (AvgIpc) is 3.08. The monoisotopic (exact) mass is 395 g/mol. The second-order valence-electron chi connectivity index (χ2n) is 6.96. The van der Waals surface area contributed by atoms with Crippen LogP contribution in [0.3, 0.4) is 0 Å². The van der Waals surface area contributed by atoms with Crippen molar-refractivity contribution in [2.75, 3.05) is 13.2 Å². The molecule has 1 aliphatic rings. The van der Waals surface area contributed by atoms with Crippen LogP contribution in [0.15, 0.2) is 20.9 Å². The number of aliphatic hydroxyl groups is 1. The zero-order chi connectivity index (χ0) is 20.4. The van der Waals surface area contributed by atoms with E-state index in [9.17, 15) is 14.7 Å². The first-order chi connectivity index (χ1) is 13.6. The summed E-state index contributed by atoms with van der Waals surface area (Å²) in [6.07, 6.45) is 7.13. The van der Waals surface area contributed by atoms with Gasteiger partial charge in [0.05, 0.1) is 30.9 Å². The first kappa shape index (κ1) is 22.2. The van der Waals surface area contributed by atoms with Crippen LogP contribution >= 0.6 is 0 Å². The van der Waals surface area contributed by atoms with Gasteiger partial charge in [0.25, 0.3) is 5.56 Å². The standard InChI is InChI=1S/C18H29N5O5/c1-2-3-4-5-6-7-8-27-12-13-10-23(18(26)20-17(13)25)16-9-14(21-22-19)15(11-24)28-16/h10,14-16,24H,2-9,11-12H2,1H3,(H,20,25,26)/t14-,15+,16-/m0/s1. The van der Waals surface area contributed by atoms with Gasteiger partial charge >= 0.3 is 5.69 Å². The number of aliphatic hydroxyl groups excluding tert-OH is 1. The molecule has 0 bridgehead atoms.